The predicted molar refractivity (Wildman–Crippen MR) is 73.5 cm³/mol. The molecule has 1 spiro atoms. The Hall–Kier alpha value is -0.710. The van der Waals surface area contributed by atoms with Crippen molar-refractivity contribution in [3.63, 3.8) is 0 Å². The fourth-order valence-electron chi connectivity index (χ4n) is 3.10. The van der Waals surface area contributed by atoms with Gasteiger partial charge in [-0.25, -0.2) is 0 Å². The summed E-state index contributed by atoms with van der Waals surface area (Å²) in [6.45, 7) is 2.66. The van der Waals surface area contributed by atoms with E-state index in [0.717, 1.165) is 31.4 Å². The molecule has 2 amide bonds. The molecule has 2 aliphatic rings. The van der Waals surface area contributed by atoms with E-state index in [4.69, 9.17) is 0 Å². The number of rotatable bonds is 4. The molecular formula is C13H22N2O2S. The number of hydrogen-bond acceptors (Lipinski definition) is 3. The minimum absolute atomic E-state index is 0.0418. The Morgan fingerprint density at radius 1 is 1.39 bits per heavy atom. The molecule has 1 atom stereocenters. The monoisotopic (exact) mass is 270 g/mol. The van der Waals surface area contributed by atoms with Crippen LogP contribution in [-0.2, 0) is 9.59 Å². The smallest absolute Gasteiger partial charge is 0.249 e. The lowest BCUT2D eigenvalue weighted by Gasteiger charge is -2.44. The standard InChI is InChI=1S/C13H22N2O2S/c1-3-10-11(16)14-13(6-4-5-7-13)12(17)15(10)8-9-18-2/h10H,3-9H2,1-2H3,(H,14,16). The van der Waals surface area contributed by atoms with Crippen LogP contribution in [0, 0.1) is 0 Å². The largest absolute Gasteiger partial charge is 0.340 e. The summed E-state index contributed by atoms with van der Waals surface area (Å²) in [5.74, 6) is 1.09. The molecule has 1 heterocycles. The summed E-state index contributed by atoms with van der Waals surface area (Å²) in [7, 11) is 0. The molecule has 0 aromatic heterocycles. The van der Waals surface area contributed by atoms with Gasteiger partial charge in [0.25, 0.3) is 0 Å². The van der Waals surface area contributed by atoms with E-state index in [0.29, 0.717) is 13.0 Å². The molecule has 0 bridgehead atoms. The van der Waals surface area contributed by atoms with Gasteiger partial charge in [0.1, 0.15) is 11.6 Å². The fourth-order valence-corrected chi connectivity index (χ4v) is 3.48. The van der Waals surface area contributed by atoms with E-state index in [1.807, 2.05) is 18.1 Å². The van der Waals surface area contributed by atoms with Gasteiger partial charge in [0, 0.05) is 12.3 Å². The molecule has 2 rings (SSSR count). The number of nitrogens with one attached hydrogen (secondary N) is 1. The first-order chi connectivity index (χ1) is 8.64. The molecule has 5 heteroatoms. The lowest BCUT2D eigenvalue weighted by atomic mass is 9.90. The lowest BCUT2D eigenvalue weighted by molar-refractivity contribution is -0.154. The van der Waals surface area contributed by atoms with Crippen molar-refractivity contribution in [3.05, 3.63) is 0 Å². The van der Waals surface area contributed by atoms with Crippen LogP contribution in [0.25, 0.3) is 0 Å². The molecule has 4 nitrogen and oxygen atoms in total. The third-order valence-corrected chi connectivity index (χ3v) is 4.68. The van der Waals surface area contributed by atoms with Crippen molar-refractivity contribution in [2.24, 2.45) is 0 Å². The Bertz CT molecular complexity index is 340. The normalized spacial score (nSPS) is 26.8. The van der Waals surface area contributed by atoms with Gasteiger partial charge in [0.15, 0.2) is 0 Å². The van der Waals surface area contributed by atoms with Crippen LogP contribution in [-0.4, -0.2) is 46.8 Å². The van der Waals surface area contributed by atoms with Crippen molar-refractivity contribution in [2.75, 3.05) is 18.6 Å². The van der Waals surface area contributed by atoms with Gasteiger partial charge in [0.05, 0.1) is 0 Å². The quantitative estimate of drug-likeness (QED) is 0.840. The van der Waals surface area contributed by atoms with Crippen LogP contribution in [0.2, 0.25) is 0 Å². The number of carbonyl (C=O) groups excluding carboxylic acids is 2. The first kappa shape index (κ1) is 13.7. The van der Waals surface area contributed by atoms with Gasteiger partial charge in [-0.15, -0.1) is 0 Å². The molecule has 1 N–H and O–H groups in total. The van der Waals surface area contributed by atoms with Gasteiger partial charge in [-0.2, -0.15) is 11.8 Å². The number of nitrogens with zero attached hydrogens (tertiary/aromatic N) is 1. The van der Waals surface area contributed by atoms with Crippen LogP contribution in [0.3, 0.4) is 0 Å². The first-order valence-electron chi connectivity index (χ1n) is 6.76. The third-order valence-electron chi connectivity index (χ3n) is 4.09. The van der Waals surface area contributed by atoms with Gasteiger partial charge in [-0.3, -0.25) is 9.59 Å². The van der Waals surface area contributed by atoms with Crippen molar-refractivity contribution in [1.29, 1.82) is 0 Å². The van der Waals surface area contributed by atoms with Crippen molar-refractivity contribution < 1.29 is 9.59 Å². The highest BCUT2D eigenvalue weighted by molar-refractivity contribution is 7.98. The number of carbonyl (C=O) groups is 2. The van der Waals surface area contributed by atoms with Gasteiger partial charge in [-0.1, -0.05) is 19.8 Å². The average molecular weight is 270 g/mol. The Morgan fingerprint density at radius 2 is 2.06 bits per heavy atom. The fraction of sp³-hybridized carbons (Fsp3) is 0.846. The van der Waals surface area contributed by atoms with Crippen LogP contribution in [0.15, 0.2) is 0 Å². The number of piperazine rings is 1. The van der Waals surface area contributed by atoms with Crippen LogP contribution < -0.4 is 5.32 Å². The molecular weight excluding hydrogens is 248 g/mol. The molecule has 2 fully saturated rings. The van der Waals surface area contributed by atoms with E-state index >= 15 is 0 Å². The summed E-state index contributed by atoms with van der Waals surface area (Å²) >= 11 is 1.72. The van der Waals surface area contributed by atoms with Crippen LogP contribution in [0.1, 0.15) is 39.0 Å². The zero-order valence-corrected chi connectivity index (χ0v) is 12.0. The van der Waals surface area contributed by atoms with E-state index in [-0.39, 0.29) is 17.9 Å². The van der Waals surface area contributed by atoms with E-state index in [2.05, 4.69) is 5.32 Å². The molecule has 1 aliphatic heterocycles. The van der Waals surface area contributed by atoms with Crippen LogP contribution in [0.5, 0.6) is 0 Å². The highest BCUT2D eigenvalue weighted by Crippen LogP contribution is 2.35. The third kappa shape index (κ3) is 2.25. The maximum absolute atomic E-state index is 12.7. The Kier molecular flexibility index (Phi) is 4.20. The Labute approximate surface area is 113 Å². The number of hydrogen-bond donors (Lipinski definition) is 1. The van der Waals surface area contributed by atoms with Crippen molar-refractivity contribution in [1.82, 2.24) is 10.2 Å². The topological polar surface area (TPSA) is 49.4 Å². The maximum Gasteiger partial charge on any atom is 0.249 e. The summed E-state index contributed by atoms with van der Waals surface area (Å²) in [4.78, 5) is 26.7. The summed E-state index contributed by atoms with van der Waals surface area (Å²) in [6, 6.07) is -0.268. The van der Waals surface area contributed by atoms with Gasteiger partial charge < -0.3 is 10.2 Å². The molecule has 0 aromatic carbocycles. The van der Waals surface area contributed by atoms with E-state index < -0.39 is 5.54 Å². The van der Waals surface area contributed by atoms with Crippen LogP contribution >= 0.6 is 11.8 Å². The van der Waals surface area contributed by atoms with Crippen LogP contribution in [0.4, 0.5) is 0 Å². The van der Waals surface area contributed by atoms with Crippen molar-refractivity contribution in [3.8, 4) is 0 Å². The molecule has 102 valence electrons. The highest BCUT2D eigenvalue weighted by Gasteiger charge is 2.51. The maximum atomic E-state index is 12.7. The molecule has 18 heavy (non-hydrogen) atoms. The molecule has 1 aliphatic carbocycles. The molecule has 1 saturated heterocycles. The molecule has 0 aromatic rings. The summed E-state index contributed by atoms with van der Waals surface area (Å²) in [5.41, 5.74) is -0.568. The van der Waals surface area contributed by atoms with Gasteiger partial charge in [-0.05, 0) is 25.5 Å². The minimum atomic E-state index is -0.568. The number of amides is 2. The Morgan fingerprint density at radius 3 is 2.61 bits per heavy atom. The highest BCUT2D eigenvalue weighted by atomic mass is 32.2. The second-order valence-corrected chi connectivity index (χ2v) is 6.18. The summed E-state index contributed by atoms with van der Waals surface area (Å²) < 4.78 is 0. The van der Waals surface area contributed by atoms with Gasteiger partial charge in [0.2, 0.25) is 11.8 Å². The second kappa shape index (κ2) is 5.51. The molecule has 1 saturated carbocycles. The minimum Gasteiger partial charge on any atom is -0.340 e. The average Bonchev–Trinajstić information content (AvgIpc) is 2.81. The van der Waals surface area contributed by atoms with E-state index in [1.54, 1.807) is 11.8 Å². The molecule has 1 unspecified atom stereocenters. The lowest BCUT2D eigenvalue weighted by Crippen LogP contribution is -2.69. The van der Waals surface area contributed by atoms with Gasteiger partial charge >= 0.3 is 0 Å². The van der Waals surface area contributed by atoms with Crippen molar-refractivity contribution >= 4 is 23.6 Å². The van der Waals surface area contributed by atoms with E-state index in [9.17, 15) is 9.59 Å². The van der Waals surface area contributed by atoms with Crippen molar-refractivity contribution in [2.45, 2.75) is 50.6 Å². The van der Waals surface area contributed by atoms with E-state index in [1.165, 1.54) is 0 Å². The zero-order chi connectivity index (χ0) is 13.2. The first-order valence-corrected chi connectivity index (χ1v) is 8.16. The second-order valence-electron chi connectivity index (χ2n) is 5.19. The predicted octanol–water partition coefficient (Wildman–Crippen LogP) is 1.40. The Balaban J connectivity index is 2.20. The summed E-state index contributed by atoms with van der Waals surface area (Å²) in [6.07, 6.45) is 6.43. The summed E-state index contributed by atoms with van der Waals surface area (Å²) in [5, 5.41) is 3.01. The molecule has 0 radical (unpaired) electrons. The zero-order valence-electron chi connectivity index (χ0n) is 11.2. The number of thioether (sulfide) groups is 1. The SMILES string of the molecule is CCC1C(=O)NC2(CCCC2)C(=O)N1CCSC.